The number of hydrogen-bond donors (Lipinski definition) is 2. The molecule has 0 aliphatic carbocycles. The van der Waals surface area contributed by atoms with Gasteiger partial charge in [0, 0.05) is 0 Å². The van der Waals surface area contributed by atoms with Crippen LogP contribution in [-0.2, 0) is 5.54 Å². The molecule has 0 aliphatic rings. The molecule has 0 aromatic heterocycles. The molecule has 0 aliphatic heterocycles. The third-order valence-electron chi connectivity index (χ3n) is 1.91. The van der Waals surface area contributed by atoms with Gasteiger partial charge in [0.25, 0.3) is 0 Å². The molecule has 1 rings (SSSR count). The zero-order chi connectivity index (χ0) is 10.1. The minimum atomic E-state index is -0.823. The minimum absolute atomic E-state index is 0.176. The predicted molar refractivity (Wildman–Crippen MR) is 52.7 cm³/mol. The average molecular weight is 248 g/mol. The van der Waals surface area contributed by atoms with Crippen molar-refractivity contribution < 1.29 is 9.50 Å². The molecule has 72 valence electrons. The number of aliphatic hydroxyl groups excluding tert-OH is 1. The molecule has 0 saturated heterocycles. The van der Waals surface area contributed by atoms with Gasteiger partial charge < -0.3 is 10.8 Å². The summed E-state index contributed by atoms with van der Waals surface area (Å²) >= 11 is 3.06. The Morgan fingerprint density at radius 1 is 1.62 bits per heavy atom. The maximum Gasteiger partial charge on any atom is 0.137 e. The van der Waals surface area contributed by atoms with Crippen LogP contribution >= 0.6 is 15.9 Å². The van der Waals surface area contributed by atoms with Crippen LogP contribution in [0.5, 0.6) is 0 Å². The van der Waals surface area contributed by atoms with Gasteiger partial charge in [0.1, 0.15) is 5.82 Å². The molecule has 0 bridgehead atoms. The lowest BCUT2D eigenvalue weighted by atomic mass is 9.94. The summed E-state index contributed by atoms with van der Waals surface area (Å²) in [7, 11) is 0. The van der Waals surface area contributed by atoms with Gasteiger partial charge in [0.05, 0.1) is 16.6 Å². The highest BCUT2D eigenvalue weighted by molar-refractivity contribution is 9.10. The first-order chi connectivity index (χ1) is 5.97. The average Bonchev–Trinajstić information content (AvgIpc) is 2.09. The van der Waals surface area contributed by atoms with E-state index in [0.29, 0.717) is 10.0 Å². The van der Waals surface area contributed by atoms with E-state index in [2.05, 4.69) is 15.9 Å². The fourth-order valence-corrected chi connectivity index (χ4v) is 1.32. The van der Waals surface area contributed by atoms with Gasteiger partial charge in [-0.15, -0.1) is 0 Å². The number of aliphatic hydroxyl groups is 1. The first-order valence-corrected chi connectivity index (χ1v) is 4.62. The SMILES string of the molecule is C[C@](N)(CO)c1ccc(F)c(Br)c1. The van der Waals surface area contributed by atoms with Crippen molar-refractivity contribution in [1.82, 2.24) is 0 Å². The molecule has 3 N–H and O–H groups in total. The summed E-state index contributed by atoms with van der Waals surface area (Å²) in [6, 6.07) is 4.46. The van der Waals surface area contributed by atoms with Crippen LogP contribution in [0.2, 0.25) is 0 Å². The molecule has 0 radical (unpaired) electrons. The van der Waals surface area contributed by atoms with Crippen molar-refractivity contribution in [1.29, 1.82) is 0 Å². The van der Waals surface area contributed by atoms with E-state index in [-0.39, 0.29) is 12.4 Å². The normalized spacial score (nSPS) is 15.5. The monoisotopic (exact) mass is 247 g/mol. The molecule has 1 aromatic rings. The fourth-order valence-electron chi connectivity index (χ4n) is 0.943. The van der Waals surface area contributed by atoms with Crippen LogP contribution in [0.3, 0.4) is 0 Å². The van der Waals surface area contributed by atoms with Crippen LogP contribution in [0, 0.1) is 5.82 Å². The molecule has 4 heteroatoms. The van der Waals surface area contributed by atoms with Crippen molar-refractivity contribution in [2.75, 3.05) is 6.61 Å². The summed E-state index contributed by atoms with van der Waals surface area (Å²) in [5.74, 6) is -0.336. The van der Waals surface area contributed by atoms with Crippen molar-refractivity contribution in [2.24, 2.45) is 5.73 Å². The van der Waals surface area contributed by atoms with E-state index in [0.717, 1.165) is 0 Å². The first kappa shape index (κ1) is 10.6. The second-order valence-electron chi connectivity index (χ2n) is 3.20. The Morgan fingerprint density at radius 2 is 2.23 bits per heavy atom. The van der Waals surface area contributed by atoms with Crippen molar-refractivity contribution in [3.05, 3.63) is 34.1 Å². The maximum absolute atomic E-state index is 12.8. The summed E-state index contributed by atoms with van der Waals surface area (Å²) in [5, 5.41) is 8.97. The molecular weight excluding hydrogens is 237 g/mol. The minimum Gasteiger partial charge on any atom is -0.394 e. The number of nitrogens with two attached hydrogens (primary N) is 1. The van der Waals surface area contributed by atoms with Crippen LogP contribution < -0.4 is 5.73 Å². The molecule has 1 atom stereocenters. The molecule has 0 saturated carbocycles. The molecule has 13 heavy (non-hydrogen) atoms. The van der Waals surface area contributed by atoms with Gasteiger partial charge in [-0.25, -0.2) is 4.39 Å². The van der Waals surface area contributed by atoms with Crippen molar-refractivity contribution in [3.8, 4) is 0 Å². The van der Waals surface area contributed by atoms with Crippen molar-refractivity contribution >= 4 is 15.9 Å². The molecular formula is C9H11BrFNO. The Balaban J connectivity index is 3.10. The summed E-state index contributed by atoms with van der Waals surface area (Å²) in [6.45, 7) is 1.51. The number of benzene rings is 1. The lowest BCUT2D eigenvalue weighted by Gasteiger charge is -2.22. The molecule has 1 aromatic carbocycles. The van der Waals surface area contributed by atoms with E-state index < -0.39 is 5.54 Å². The van der Waals surface area contributed by atoms with Gasteiger partial charge in [-0.1, -0.05) is 6.07 Å². The topological polar surface area (TPSA) is 46.2 Å². The van der Waals surface area contributed by atoms with Crippen molar-refractivity contribution in [2.45, 2.75) is 12.5 Å². The summed E-state index contributed by atoms with van der Waals surface area (Å²) in [5.41, 5.74) is 5.64. The van der Waals surface area contributed by atoms with Gasteiger partial charge in [0.2, 0.25) is 0 Å². The van der Waals surface area contributed by atoms with E-state index in [1.54, 1.807) is 19.1 Å². The van der Waals surface area contributed by atoms with Crippen LogP contribution in [0.1, 0.15) is 12.5 Å². The van der Waals surface area contributed by atoms with Crippen LogP contribution in [0.25, 0.3) is 0 Å². The highest BCUT2D eigenvalue weighted by atomic mass is 79.9. The Hall–Kier alpha value is -0.450. The zero-order valence-corrected chi connectivity index (χ0v) is 8.81. The standard InChI is InChI=1S/C9H11BrFNO/c1-9(12,5-13)6-2-3-8(11)7(10)4-6/h2-4,13H,5,12H2,1H3/t9-/m0/s1. The third-order valence-corrected chi connectivity index (χ3v) is 2.52. The first-order valence-electron chi connectivity index (χ1n) is 3.82. The summed E-state index contributed by atoms with van der Waals surface area (Å²) in [4.78, 5) is 0. The molecule has 2 nitrogen and oxygen atoms in total. The summed E-state index contributed by atoms with van der Waals surface area (Å²) in [6.07, 6.45) is 0. The molecule has 0 amide bonds. The van der Waals surface area contributed by atoms with Gasteiger partial charge in [-0.2, -0.15) is 0 Å². The third kappa shape index (κ3) is 2.27. The Morgan fingerprint density at radius 3 is 2.69 bits per heavy atom. The van der Waals surface area contributed by atoms with Crippen LogP contribution in [0.15, 0.2) is 22.7 Å². The van der Waals surface area contributed by atoms with E-state index in [1.807, 2.05) is 0 Å². The Labute approximate surface area is 84.7 Å². The summed E-state index contributed by atoms with van der Waals surface area (Å²) < 4.78 is 13.2. The van der Waals surface area contributed by atoms with E-state index in [4.69, 9.17) is 10.8 Å². The van der Waals surface area contributed by atoms with E-state index >= 15 is 0 Å². The second-order valence-corrected chi connectivity index (χ2v) is 4.06. The van der Waals surface area contributed by atoms with E-state index in [1.165, 1.54) is 6.07 Å². The molecule has 0 heterocycles. The fraction of sp³-hybridized carbons (Fsp3) is 0.333. The molecule has 0 fully saturated rings. The second kappa shape index (κ2) is 3.74. The smallest absolute Gasteiger partial charge is 0.137 e. The lowest BCUT2D eigenvalue weighted by Crippen LogP contribution is -2.36. The van der Waals surface area contributed by atoms with Gasteiger partial charge >= 0.3 is 0 Å². The highest BCUT2D eigenvalue weighted by Crippen LogP contribution is 2.23. The number of halogens is 2. The highest BCUT2D eigenvalue weighted by Gasteiger charge is 2.20. The lowest BCUT2D eigenvalue weighted by molar-refractivity contribution is 0.210. The number of hydrogen-bond acceptors (Lipinski definition) is 2. The van der Waals surface area contributed by atoms with E-state index in [9.17, 15) is 4.39 Å². The zero-order valence-electron chi connectivity index (χ0n) is 7.22. The largest absolute Gasteiger partial charge is 0.394 e. The van der Waals surface area contributed by atoms with Gasteiger partial charge in [0.15, 0.2) is 0 Å². The maximum atomic E-state index is 12.8. The van der Waals surface area contributed by atoms with Gasteiger partial charge in [-0.05, 0) is 40.5 Å². The van der Waals surface area contributed by atoms with Crippen LogP contribution in [0.4, 0.5) is 4.39 Å². The predicted octanol–water partition coefficient (Wildman–Crippen LogP) is 1.75. The molecule has 0 unspecified atom stereocenters. The van der Waals surface area contributed by atoms with Crippen molar-refractivity contribution in [3.63, 3.8) is 0 Å². The quantitative estimate of drug-likeness (QED) is 0.837. The Kier molecular flexibility index (Phi) is 3.05. The number of rotatable bonds is 2. The molecule has 0 spiro atoms. The Bertz CT molecular complexity index is 314. The van der Waals surface area contributed by atoms with Gasteiger partial charge in [-0.3, -0.25) is 0 Å². The van der Waals surface area contributed by atoms with Crippen LogP contribution in [-0.4, -0.2) is 11.7 Å².